The molecule has 2 rings (SSSR count). The minimum Gasteiger partial charge on any atom is -0.462 e. The third-order valence-corrected chi connectivity index (χ3v) is 14.2. The first-order chi connectivity index (χ1) is 34.8. The van der Waals surface area contributed by atoms with Gasteiger partial charge in [0.25, 0.3) is 0 Å². The van der Waals surface area contributed by atoms with E-state index in [1.165, 1.54) is 31.8 Å². The molecule has 1 heterocycles. The Morgan fingerprint density at radius 1 is 0.808 bits per heavy atom. The largest absolute Gasteiger partial charge is 0.472 e. The fourth-order valence-electron chi connectivity index (χ4n) is 8.44. The molecule has 0 spiro atoms. The third-order valence-electron chi connectivity index (χ3n) is 12.7. The number of ether oxygens (including phenoxy) is 2. The van der Waals surface area contributed by atoms with Crippen LogP contribution in [-0.4, -0.2) is 131 Å². The molecule has 1 aliphatic heterocycles. The van der Waals surface area contributed by atoms with Gasteiger partial charge in [0.2, 0.25) is 0 Å². The second-order valence-corrected chi connectivity index (χ2v) is 21.6. The lowest BCUT2D eigenvalue weighted by molar-refractivity contribution is -0.165. The Hall–Kier alpha value is -2.71. The van der Waals surface area contributed by atoms with Gasteiger partial charge >= 0.3 is 27.6 Å². The molecule has 0 radical (unpaired) electrons. The molecule has 420 valence electrons. The number of fused-ring (bicyclic) bond motifs is 4. The van der Waals surface area contributed by atoms with E-state index in [9.17, 15) is 68.8 Å². The number of allylic oxidation sites excluding steroid dienone is 8. The quantitative estimate of drug-likeness (QED) is 0.0158. The average Bonchev–Trinajstić information content (AvgIpc) is 3.33. The number of phosphoric acid groups is 2. The molecule has 0 aromatic heterocycles. The van der Waals surface area contributed by atoms with E-state index in [0.29, 0.717) is 12.8 Å². The van der Waals surface area contributed by atoms with Gasteiger partial charge in [-0.05, 0) is 70.6 Å². The van der Waals surface area contributed by atoms with Gasteiger partial charge in [0, 0.05) is 25.2 Å². The summed E-state index contributed by atoms with van der Waals surface area (Å²) < 4.78 is 52.1. The smallest absolute Gasteiger partial charge is 0.462 e. The van der Waals surface area contributed by atoms with Crippen molar-refractivity contribution in [2.24, 2.45) is 11.8 Å². The Balaban J connectivity index is 2.17. The Kier molecular flexibility index (Phi) is 34.5. The van der Waals surface area contributed by atoms with Crippen LogP contribution < -0.4 is 0 Å². The van der Waals surface area contributed by atoms with Crippen molar-refractivity contribution in [2.45, 2.75) is 223 Å². The summed E-state index contributed by atoms with van der Waals surface area (Å²) in [6.45, 7) is 2.53. The van der Waals surface area contributed by atoms with Crippen LogP contribution in [0.2, 0.25) is 0 Å². The van der Waals surface area contributed by atoms with Crippen LogP contribution >= 0.6 is 15.6 Å². The zero-order valence-electron chi connectivity index (χ0n) is 43.0. The maximum Gasteiger partial charge on any atom is 0.472 e. The van der Waals surface area contributed by atoms with Crippen molar-refractivity contribution in [3.05, 3.63) is 60.8 Å². The number of rotatable bonds is 28. The van der Waals surface area contributed by atoms with Gasteiger partial charge in [-0.25, -0.2) is 9.13 Å². The Morgan fingerprint density at radius 3 is 2.05 bits per heavy atom. The van der Waals surface area contributed by atoms with E-state index in [-0.39, 0.29) is 38.5 Å². The van der Waals surface area contributed by atoms with Crippen LogP contribution in [0.5, 0.6) is 0 Å². The molecular formula is C52H88O19P2. The molecular weight excluding hydrogens is 991 g/mol. The molecule has 1 fully saturated rings. The van der Waals surface area contributed by atoms with Crippen LogP contribution in [0.4, 0.5) is 0 Å². The lowest BCUT2D eigenvalue weighted by Crippen LogP contribution is -2.56. The van der Waals surface area contributed by atoms with Crippen molar-refractivity contribution >= 4 is 33.4 Å². The van der Waals surface area contributed by atoms with Gasteiger partial charge in [0.05, 0.1) is 36.9 Å². The fraction of sp³-hybridized carbons (Fsp3) is 0.750. The van der Waals surface area contributed by atoms with Crippen LogP contribution in [0.15, 0.2) is 60.8 Å². The summed E-state index contributed by atoms with van der Waals surface area (Å²) in [5.41, 5.74) is 0. The van der Waals surface area contributed by atoms with Gasteiger partial charge < -0.3 is 54.8 Å². The first-order valence-electron chi connectivity index (χ1n) is 26.4. The van der Waals surface area contributed by atoms with E-state index in [2.05, 4.69) is 43.4 Å². The van der Waals surface area contributed by atoms with E-state index in [1.54, 1.807) is 6.08 Å². The zero-order chi connectivity index (χ0) is 54.1. The molecule has 19 nitrogen and oxygen atoms in total. The summed E-state index contributed by atoms with van der Waals surface area (Å²) in [6, 6.07) is 0. The van der Waals surface area contributed by atoms with E-state index in [0.717, 1.165) is 82.8 Å². The number of esters is 2. The van der Waals surface area contributed by atoms with Crippen LogP contribution in [0, 0.1) is 11.8 Å². The number of Topliss-reactive ketones (excluding diaryl/α,β-unsaturated/α-hetero) is 1. The summed E-state index contributed by atoms with van der Waals surface area (Å²) in [6.07, 6.45) is 14.8. The molecule has 1 unspecified atom stereocenters. The van der Waals surface area contributed by atoms with E-state index < -0.39 is 120 Å². The number of aliphatic hydroxyl groups excluding tert-OH is 6. The number of carbonyl (C=O) groups excluding carboxylic acids is 3. The molecule has 0 aromatic carbocycles. The van der Waals surface area contributed by atoms with E-state index in [1.807, 2.05) is 6.92 Å². The summed E-state index contributed by atoms with van der Waals surface area (Å²) in [5, 5.41) is 68.0. The number of ketones is 1. The monoisotopic (exact) mass is 1080 g/mol. The predicted octanol–water partition coefficient (Wildman–Crippen LogP) is 7.60. The number of hydrogen-bond acceptors (Lipinski definition) is 16. The highest BCUT2D eigenvalue weighted by Crippen LogP contribution is 2.49. The first kappa shape index (κ1) is 66.4. The highest BCUT2D eigenvalue weighted by atomic mass is 31.2. The SMILES string of the molecule is CCCCCC/C=C\C/C=C\C/C=C\CCCCCCCCC(=O)OC[C@@H]1COP(=O)(O)O[C@H]2[C@H](O)[C@@H](O)[C@H](O)[C@@H](C/C=C\CCCC(=O)O1)[C@@H](O)CC(=O)[C@H](/C=C/[C@@H](O)CCCCC)[C@@H](O)[C@H]2OP(=O)(O)O. The summed E-state index contributed by atoms with van der Waals surface area (Å²) in [4.78, 5) is 70.7. The van der Waals surface area contributed by atoms with Gasteiger partial charge in [-0.3, -0.25) is 28.0 Å². The standard InChI is InChI=1S/C52H88O19P2/c1-3-5-7-8-9-10-11-12-13-14-15-16-17-18-19-20-21-22-23-28-32-45(56)67-37-40-38-68-73(65,66)71-52-50(61)49(60)47(58)41(31-27-24-25-29-33-46(57)69-40)43(54)36-44(55)42(35-34-39(53)30-26-6-4-2)48(59)51(52)70-72(62,63)64/h10-11,13-14,16-17,24,27,34-35,39-43,47-54,58-61H,3-9,12,15,18-23,25-26,28-33,36-38H2,1-2H3,(H,65,66)(H2,62,63,64)/b11-10-,14-13-,17-16-,27-24-,35-34+/t39-,40+,41-,42-,43-,47+,48+,49-,50+,51+,52-/m0/s1. The predicted molar refractivity (Wildman–Crippen MR) is 274 cm³/mol. The van der Waals surface area contributed by atoms with E-state index >= 15 is 0 Å². The molecule has 9 N–H and O–H groups in total. The van der Waals surface area contributed by atoms with Crippen molar-refractivity contribution < 1.29 is 91.9 Å². The summed E-state index contributed by atoms with van der Waals surface area (Å²) in [5.74, 6) is -5.80. The number of phosphoric ester groups is 2. The molecule has 2 bridgehead atoms. The topological polar surface area (TPSA) is 314 Å². The van der Waals surface area contributed by atoms with Gasteiger partial charge in [0.15, 0.2) is 6.10 Å². The lowest BCUT2D eigenvalue weighted by atomic mass is 9.83. The zero-order valence-corrected chi connectivity index (χ0v) is 44.8. The van der Waals surface area contributed by atoms with Gasteiger partial charge in [0.1, 0.15) is 36.8 Å². The number of cyclic esters (lactones) is 1. The molecule has 0 aromatic rings. The normalized spacial score (nSPS) is 29.7. The minimum absolute atomic E-state index is 0.0336. The molecule has 21 heteroatoms. The van der Waals surface area contributed by atoms with Crippen molar-refractivity contribution in [1.29, 1.82) is 0 Å². The third kappa shape index (κ3) is 29.4. The fourth-order valence-corrected chi connectivity index (χ4v) is 9.97. The molecule has 0 saturated heterocycles. The van der Waals surface area contributed by atoms with Crippen LogP contribution in [-0.2, 0) is 46.6 Å². The highest BCUT2D eigenvalue weighted by Gasteiger charge is 2.51. The van der Waals surface area contributed by atoms with Gasteiger partial charge in [-0.15, -0.1) is 0 Å². The number of aliphatic hydroxyl groups is 6. The molecule has 0 amide bonds. The second kappa shape index (κ2) is 37.9. The van der Waals surface area contributed by atoms with Gasteiger partial charge in [-0.2, -0.15) is 0 Å². The van der Waals surface area contributed by atoms with Crippen molar-refractivity contribution in [3.8, 4) is 0 Å². The van der Waals surface area contributed by atoms with Crippen LogP contribution in [0.1, 0.15) is 168 Å². The molecule has 1 saturated carbocycles. The second-order valence-electron chi connectivity index (χ2n) is 19.0. The van der Waals surface area contributed by atoms with E-state index in [4.69, 9.17) is 23.0 Å². The number of carbonyl (C=O) groups is 3. The number of hydrogen-bond donors (Lipinski definition) is 9. The molecule has 12 atom stereocenters. The van der Waals surface area contributed by atoms with Crippen LogP contribution in [0.25, 0.3) is 0 Å². The summed E-state index contributed by atoms with van der Waals surface area (Å²) in [7, 11) is -11.5. The molecule has 73 heavy (non-hydrogen) atoms. The highest BCUT2D eigenvalue weighted by molar-refractivity contribution is 7.47. The van der Waals surface area contributed by atoms with Gasteiger partial charge in [-0.1, -0.05) is 139 Å². The maximum atomic E-state index is 13.9. The molecule has 2 aliphatic rings. The average molecular weight is 1080 g/mol. The Labute approximate surface area is 432 Å². The number of unbranched alkanes of at least 4 members (excludes halogenated alkanes) is 12. The molecule has 1 aliphatic carbocycles. The minimum atomic E-state index is -5.80. The first-order valence-corrected chi connectivity index (χ1v) is 29.5. The van der Waals surface area contributed by atoms with Crippen LogP contribution in [0.3, 0.4) is 0 Å². The van der Waals surface area contributed by atoms with Crippen molar-refractivity contribution in [3.63, 3.8) is 0 Å². The Morgan fingerprint density at radius 2 is 1.41 bits per heavy atom. The van der Waals surface area contributed by atoms with Crippen molar-refractivity contribution in [2.75, 3.05) is 13.2 Å². The Bertz CT molecular complexity index is 1800. The maximum absolute atomic E-state index is 13.9. The lowest BCUT2D eigenvalue weighted by Gasteiger charge is -2.38. The van der Waals surface area contributed by atoms with Crippen molar-refractivity contribution in [1.82, 2.24) is 0 Å². The summed E-state index contributed by atoms with van der Waals surface area (Å²) >= 11 is 0.